The second kappa shape index (κ2) is 6.86. The van der Waals surface area contributed by atoms with Gasteiger partial charge in [0.1, 0.15) is 0 Å². The molecule has 1 aromatic heterocycles. The van der Waals surface area contributed by atoms with Gasteiger partial charge in [-0.15, -0.1) is 0 Å². The Balaban J connectivity index is 2.12. The number of aromatic nitrogens is 1. The summed E-state index contributed by atoms with van der Waals surface area (Å²) in [5.41, 5.74) is 7.32. The Kier molecular flexibility index (Phi) is 4.90. The molecule has 5 nitrogen and oxygen atoms in total. The van der Waals surface area contributed by atoms with Crippen LogP contribution in [0.25, 0.3) is 0 Å². The topological polar surface area (TPSA) is 72.4 Å². The van der Waals surface area contributed by atoms with Crippen molar-refractivity contribution in [2.45, 2.75) is 19.9 Å². The van der Waals surface area contributed by atoms with Crippen LogP contribution in [-0.2, 0) is 6.54 Å². The lowest BCUT2D eigenvalue weighted by molar-refractivity contribution is 0.0700. The van der Waals surface area contributed by atoms with Crippen LogP contribution in [0.2, 0.25) is 0 Å². The molecule has 0 aliphatic carbocycles. The first kappa shape index (κ1) is 14.3. The predicted molar refractivity (Wildman–Crippen MR) is 76.1 cm³/mol. The van der Waals surface area contributed by atoms with E-state index in [0.717, 1.165) is 12.0 Å². The lowest BCUT2D eigenvalue weighted by Gasteiger charge is -2.21. The summed E-state index contributed by atoms with van der Waals surface area (Å²) in [6.45, 7) is 3.49. The second-order valence-corrected chi connectivity index (χ2v) is 4.69. The number of nitrogens with zero attached hydrogens (tertiary/aromatic N) is 2. The molecule has 0 fully saturated rings. The van der Waals surface area contributed by atoms with Gasteiger partial charge in [0.05, 0.1) is 5.69 Å². The lowest BCUT2D eigenvalue weighted by Crippen LogP contribution is -2.32. The molecule has 0 unspecified atom stereocenters. The summed E-state index contributed by atoms with van der Waals surface area (Å²) in [6.07, 6.45) is 0.756. The minimum Gasteiger partial charge on any atom is -0.351 e. The molecule has 2 aromatic rings. The average Bonchev–Trinajstić information content (AvgIpc) is 2.90. The number of aryl methyl sites for hydroxylation is 1. The summed E-state index contributed by atoms with van der Waals surface area (Å²) < 4.78 is 5.05. The zero-order valence-corrected chi connectivity index (χ0v) is 11.6. The van der Waals surface area contributed by atoms with E-state index in [2.05, 4.69) is 5.16 Å². The maximum atomic E-state index is 12.4. The molecule has 1 heterocycles. The third kappa shape index (κ3) is 3.68. The molecule has 2 N–H and O–H groups in total. The van der Waals surface area contributed by atoms with Gasteiger partial charge in [0.25, 0.3) is 5.91 Å². The van der Waals surface area contributed by atoms with Crippen molar-refractivity contribution in [3.8, 4) is 0 Å². The first-order chi connectivity index (χ1) is 9.70. The summed E-state index contributed by atoms with van der Waals surface area (Å²) in [7, 11) is 0. The summed E-state index contributed by atoms with van der Waals surface area (Å²) in [5, 5.41) is 3.76. The Morgan fingerprint density at radius 3 is 2.70 bits per heavy atom. The molecular weight excluding hydrogens is 254 g/mol. The number of hydrogen-bond acceptors (Lipinski definition) is 4. The van der Waals surface area contributed by atoms with E-state index >= 15 is 0 Å². The largest absolute Gasteiger partial charge is 0.351 e. The van der Waals surface area contributed by atoms with Crippen LogP contribution in [0.5, 0.6) is 0 Å². The van der Waals surface area contributed by atoms with E-state index in [-0.39, 0.29) is 11.7 Å². The zero-order valence-electron chi connectivity index (χ0n) is 11.6. The van der Waals surface area contributed by atoms with Gasteiger partial charge in [-0.05, 0) is 25.5 Å². The molecule has 0 aliphatic rings. The molecule has 0 atom stereocenters. The summed E-state index contributed by atoms with van der Waals surface area (Å²) >= 11 is 0. The molecule has 1 amide bonds. The normalized spacial score (nSPS) is 10.5. The van der Waals surface area contributed by atoms with Crippen LogP contribution in [0.1, 0.15) is 28.2 Å². The van der Waals surface area contributed by atoms with Gasteiger partial charge >= 0.3 is 0 Å². The summed E-state index contributed by atoms with van der Waals surface area (Å²) in [6, 6.07) is 11.5. The van der Waals surface area contributed by atoms with Gasteiger partial charge in [0.15, 0.2) is 0 Å². The van der Waals surface area contributed by atoms with Crippen molar-refractivity contribution in [3.63, 3.8) is 0 Å². The quantitative estimate of drug-likeness (QED) is 0.873. The van der Waals surface area contributed by atoms with Gasteiger partial charge in [-0.3, -0.25) is 4.79 Å². The van der Waals surface area contributed by atoms with Crippen LogP contribution < -0.4 is 5.73 Å². The fourth-order valence-corrected chi connectivity index (χ4v) is 1.96. The van der Waals surface area contributed by atoms with Gasteiger partial charge in [-0.1, -0.05) is 35.5 Å². The second-order valence-electron chi connectivity index (χ2n) is 4.69. The Morgan fingerprint density at radius 2 is 2.10 bits per heavy atom. The van der Waals surface area contributed by atoms with Gasteiger partial charge in [-0.25, -0.2) is 0 Å². The maximum absolute atomic E-state index is 12.4. The van der Waals surface area contributed by atoms with E-state index in [9.17, 15) is 4.79 Å². The predicted octanol–water partition coefficient (Wildman–Crippen LogP) is 1.97. The lowest BCUT2D eigenvalue weighted by atomic mass is 10.2. The Bertz CT molecular complexity index is 551. The first-order valence-corrected chi connectivity index (χ1v) is 6.67. The van der Waals surface area contributed by atoms with Crippen molar-refractivity contribution in [1.29, 1.82) is 0 Å². The number of hydrogen-bond donors (Lipinski definition) is 1. The number of carbonyl (C=O) groups is 1. The van der Waals surface area contributed by atoms with Crippen LogP contribution in [0.4, 0.5) is 0 Å². The SMILES string of the molecule is Cc1cc(C(=O)N(CCCN)Cc2ccccc2)on1. The summed E-state index contributed by atoms with van der Waals surface area (Å²) in [4.78, 5) is 14.2. The minimum atomic E-state index is -0.150. The van der Waals surface area contributed by atoms with Crippen LogP contribution in [0.15, 0.2) is 40.9 Å². The average molecular weight is 273 g/mol. The monoisotopic (exact) mass is 273 g/mol. The van der Waals surface area contributed by atoms with Crippen molar-refractivity contribution < 1.29 is 9.32 Å². The molecule has 0 bridgehead atoms. The number of benzene rings is 1. The number of amides is 1. The standard InChI is InChI=1S/C15H19N3O2/c1-12-10-14(20-17-12)15(19)18(9-5-8-16)11-13-6-3-2-4-7-13/h2-4,6-7,10H,5,8-9,11,16H2,1H3. The van der Waals surface area contributed by atoms with Crippen molar-refractivity contribution in [2.24, 2.45) is 5.73 Å². The van der Waals surface area contributed by atoms with Crippen molar-refractivity contribution >= 4 is 5.91 Å². The molecule has 0 radical (unpaired) electrons. The van der Waals surface area contributed by atoms with Gasteiger partial charge in [0.2, 0.25) is 5.76 Å². The first-order valence-electron chi connectivity index (χ1n) is 6.67. The van der Waals surface area contributed by atoms with Crippen molar-refractivity contribution in [1.82, 2.24) is 10.1 Å². The van der Waals surface area contributed by atoms with E-state index in [0.29, 0.717) is 25.3 Å². The van der Waals surface area contributed by atoms with Crippen LogP contribution >= 0.6 is 0 Å². The zero-order chi connectivity index (χ0) is 14.4. The molecule has 106 valence electrons. The number of rotatable bonds is 6. The molecule has 20 heavy (non-hydrogen) atoms. The molecule has 1 aromatic carbocycles. The maximum Gasteiger partial charge on any atom is 0.292 e. The van der Waals surface area contributed by atoms with Gasteiger partial charge in [0, 0.05) is 19.2 Å². The molecule has 5 heteroatoms. The highest BCUT2D eigenvalue weighted by atomic mass is 16.5. The Morgan fingerprint density at radius 1 is 1.35 bits per heavy atom. The highest BCUT2D eigenvalue weighted by molar-refractivity contribution is 5.91. The smallest absolute Gasteiger partial charge is 0.292 e. The molecule has 2 rings (SSSR count). The number of carbonyl (C=O) groups excluding carboxylic acids is 1. The highest BCUT2D eigenvalue weighted by Crippen LogP contribution is 2.11. The van der Waals surface area contributed by atoms with E-state index in [1.165, 1.54) is 0 Å². The molecule has 0 aliphatic heterocycles. The van der Waals surface area contributed by atoms with Gasteiger partial charge < -0.3 is 15.2 Å². The van der Waals surface area contributed by atoms with Crippen molar-refractivity contribution in [3.05, 3.63) is 53.4 Å². The van der Waals surface area contributed by atoms with E-state index < -0.39 is 0 Å². The molecule has 0 saturated carbocycles. The Labute approximate surface area is 118 Å². The van der Waals surface area contributed by atoms with Crippen LogP contribution in [-0.4, -0.2) is 29.1 Å². The molecular formula is C15H19N3O2. The van der Waals surface area contributed by atoms with Gasteiger partial charge in [-0.2, -0.15) is 0 Å². The highest BCUT2D eigenvalue weighted by Gasteiger charge is 2.19. The third-order valence-electron chi connectivity index (χ3n) is 2.97. The van der Waals surface area contributed by atoms with E-state index in [1.54, 1.807) is 17.9 Å². The fourth-order valence-electron chi connectivity index (χ4n) is 1.96. The van der Waals surface area contributed by atoms with Crippen LogP contribution in [0, 0.1) is 6.92 Å². The van der Waals surface area contributed by atoms with E-state index in [1.807, 2.05) is 30.3 Å². The van der Waals surface area contributed by atoms with Crippen molar-refractivity contribution in [2.75, 3.05) is 13.1 Å². The Hall–Kier alpha value is -2.14. The summed E-state index contributed by atoms with van der Waals surface area (Å²) in [5.74, 6) is 0.123. The molecule has 0 spiro atoms. The third-order valence-corrected chi connectivity index (χ3v) is 2.97. The minimum absolute atomic E-state index is 0.150. The van der Waals surface area contributed by atoms with Crippen LogP contribution in [0.3, 0.4) is 0 Å². The van der Waals surface area contributed by atoms with E-state index in [4.69, 9.17) is 10.3 Å². The molecule has 0 saturated heterocycles. The fraction of sp³-hybridized carbons (Fsp3) is 0.333. The number of nitrogens with two attached hydrogens (primary N) is 1.